The topological polar surface area (TPSA) is 146 Å². The highest BCUT2D eigenvalue weighted by Gasteiger charge is 2.52. The fourth-order valence-corrected chi connectivity index (χ4v) is 4.36. The molecule has 1 aliphatic heterocycles. The molecule has 0 N–H and O–H groups in total. The highest BCUT2D eigenvalue weighted by atomic mass is 16.7. The number of esters is 4. The second-order valence-electron chi connectivity index (χ2n) is 9.69. The van der Waals surface area contributed by atoms with Gasteiger partial charge in [0.2, 0.25) is 0 Å². The first kappa shape index (κ1) is 32.5. The Hall–Kier alpha value is -4.03. The Kier molecular flexibility index (Phi) is 12.7. The number of hydrogen-bond acceptors (Lipinski definition) is 12. The molecule has 2 aromatic rings. The number of benzene rings is 1. The van der Waals surface area contributed by atoms with Gasteiger partial charge < -0.3 is 33.2 Å². The molecule has 0 aliphatic carbocycles. The zero-order chi connectivity index (χ0) is 30.5. The van der Waals surface area contributed by atoms with Gasteiger partial charge in [-0.2, -0.15) is 0 Å². The Morgan fingerprint density at radius 1 is 0.786 bits per heavy atom. The van der Waals surface area contributed by atoms with Gasteiger partial charge in [0.05, 0.1) is 0 Å². The van der Waals surface area contributed by atoms with Crippen LogP contribution in [0.1, 0.15) is 51.7 Å². The minimum atomic E-state index is -1.26. The van der Waals surface area contributed by atoms with Crippen molar-refractivity contribution in [3.8, 4) is 5.75 Å². The molecular weight excluding hydrogens is 550 g/mol. The molecule has 5 atom stereocenters. The molecule has 228 valence electrons. The molecule has 1 aromatic carbocycles. The largest absolute Gasteiger partial charge is 0.489 e. The van der Waals surface area contributed by atoms with Crippen molar-refractivity contribution in [3.05, 3.63) is 59.9 Å². The minimum Gasteiger partial charge on any atom is -0.489 e. The van der Waals surface area contributed by atoms with Crippen molar-refractivity contribution < 1.29 is 52.3 Å². The third-order valence-corrected chi connectivity index (χ3v) is 6.14. The molecule has 12 heteroatoms. The summed E-state index contributed by atoms with van der Waals surface area (Å²) in [6.45, 7) is 5.08. The number of aromatic nitrogens is 1. The van der Waals surface area contributed by atoms with Gasteiger partial charge in [-0.25, -0.2) is 0 Å². The molecule has 1 fully saturated rings. The first-order valence-corrected chi connectivity index (χ1v) is 13.6. The second kappa shape index (κ2) is 16.4. The number of nitrogens with zero attached hydrogens (tertiary/aromatic N) is 1. The fourth-order valence-electron chi connectivity index (χ4n) is 4.36. The summed E-state index contributed by atoms with van der Waals surface area (Å²) in [7, 11) is 0. The van der Waals surface area contributed by atoms with Crippen LogP contribution in [-0.4, -0.2) is 72.8 Å². The highest BCUT2D eigenvalue weighted by Crippen LogP contribution is 2.30. The quantitative estimate of drug-likeness (QED) is 0.182. The van der Waals surface area contributed by atoms with E-state index in [0.29, 0.717) is 13.0 Å². The van der Waals surface area contributed by atoms with E-state index in [1.54, 1.807) is 12.4 Å². The number of aryl methyl sites for hydroxylation is 1. The van der Waals surface area contributed by atoms with E-state index >= 15 is 0 Å². The molecule has 3 rings (SSSR count). The molecule has 1 saturated heterocycles. The van der Waals surface area contributed by atoms with Crippen molar-refractivity contribution in [1.29, 1.82) is 0 Å². The van der Waals surface area contributed by atoms with Gasteiger partial charge >= 0.3 is 23.9 Å². The maximum absolute atomic E-state index is 11.9. The van der Waals surface area contributed by atoms with Crippen LogP contribution in [0.15, 0.2) is 48.8 Å². The van der Waals surface area contributed by atoms with E-state index in [1.807, 2.05) is 36.4 Å². The number of unbranched alkanes of at least 4 members (excludes halogenated alkanes) is 1. The lowest BCUT2D eigenvalue weighted by atomic mass is 9.98. The Morgan fingerprint density at radius 2 is 1.45 bits per heavy atom. The van der Waals surface area contributed by atoms with Crippen molar-refractivity contribution in [2.24, 2.45) is 0 Å². The van der Waals surface area contributed by atoms with Crippen LogP contribution in [0.25, 0.3) is 0 Å². The molecule has 2 heterocycles. The second-order valence-corrected chi connectivity index (χ2v) is 9.69. The third kappa shape index (κ3) is 10.7. The van der Waals surface area contributed by atoms with E-state index < -0.39 is 54.6 Å². The molecule has 0 radical (unpaired) electrons. The summed E-state index contributed by atoms with van der Waals surface area (Å²) >= 11 is 0. The number of rotatable bonds is 14. The lowest BCUT2D eigenvalue weighted by molar-refractivity contribution is -0.308. The van der Waals surface area contributed by atoms with Crippen LogP contribution in [0.5, 0.6) is 5.75 Å². The summed E-state index contributed by atoms with van der Waals surface area (Å²) in [5, 5.41) is 0. The van der Waals surface area contributed by atoms with Gasteiger partial charge in [-0.05, 0) is 43.0 Å². The van der Waals surface area contributed by atoms with E-state index in [2.05, 4.69) is 4.98 Å². The van der Waals surface area contributed by atoms with Crippen molar-refractivity contribution in [2.75, 3.05) is 13.2 Å². The van der Waals surface area contributed by atoms with E-state index in [0.717, 1.165) is 29.7 Å². The number of carbonyl (C=O) groups is 4. The van der Waals surface area contributed by atoms with Crippen molar-refractivity contribution in [1.82, 2.24) is 4.98 Å². The normalized spacial score (nSPS) is 21.6. The van der Waals surface area contributed by atoms with Gasteiger partial charge in [0.15, 0.2) is 24.6 Å². The molecule has 0 bridgehead atoms. The Bertz CT molecular complexity index is 1170. The minimum absolute atomic E-state index is 0.222. The van der Waals surface area contributed by atoms with Crippen LogP contribution in [0.4, 0.5) is 0 Å². The lowest BCUT2D eigenvalue weighted by Crippen LogP contribution is -2.63. The summed E-state index contributed by atoms with van der Waals surface area (Å²) in [5.74, 6) is -1.90. The van der Waals surface area contributed by atoms with Crippen molar-refractivity contribution in [3.63, 3.8) is 0 Å². The van der Waals surface area contributed by atoms with Crippen LogP contribution in [0.2, 0.25) is 0 Å². The van der Waals surface area contributed by atoms with Crippen LogP contribution in [0.3, 0.4) is 0 Å². The number of carbonyl (C=O) groups excluding carboxylic acids is 4. The maximum atomic E-state index is 11.9. The average molecular weight is 588 g/mol. The van der Waals surface area contributed by atoms with Gasteiger partial charge in [-0.3, -0.25) is 24.2 Å². The average Bonchev–Trinajstić information content (AvgIpc) is 2.94. The van der Waals surface area contributed by atoms with E-state index in [-0.39, 0.29) is 13.2 Å². The van der Waals surface area contributed by atoms with E-state index in [9.17, 15) is 19.2 Å². The summed E-state index contributed by atoms with van der Waals surface area (Å²) in [5.41, 5.74) is 2.11. The van der Waals surface area contributed by atoms with Crippen molar-refractivity contribution >= 4 is 23.9 Å². The summed E-state index contributed by atoms with van der Waals surface area (Å²) in [4.78, 5) is 51.2. The fraction of sp³-hybridized carbons (Fsp3) is 0.500. The van der Waals surface area contributed by atoms with Crippen LogP contribution in [0, 0.1) is 0 Å². The monoisotopic (exact) mass is 587 g/mol. The molecule has 1 aromatic heterocycles. The van der Waals surface area contributed by atoms with E-state index in [1.165, 1.54) is 27.7 Å². The zero-order valence-corrected chi connectivity index (χ0v) is 24.2. The van der Waals surface area contributed by atoms with Gasteiger partial charge in [0.1, 0.15) is 25.1 Å². The Balaban J connectivity index is 1.58. The molecule has 42 heavy (non-hydrogen) atoms. The molecule has 0 saturated carbocycles. The molecule has 12 nitrogen and oxygen atoms in total. The maximum Gasteiger partial charge on any atom is 0.303 e. The predicted octanol–water partition coefficient (Wildman–Crippen LogP) is 3.08. The van der Waals surface area contributed by atoms with E-state index in [4.69, 9.17) is 33.2 Å². The molecule has 1 aliphatic rings. The van der Waals surface area contributed by atoms with Crippen molar-refractivity contribution in [2.45, 2.75) is 84.3 Å². The lowest BCUT2D eigenvalue weighted by Gasteiger charge is -2.44. The molecular formula is C30H37NO11. The Morgan fingerprint density at radius 3 is 2.07 bits per heavy atom. The zero-order valence-electron chi connectivity index (χ0n) is 24.2. The molecule has 0 amide bonds. The third-order valence-electron chi connectivity index (χ3n) is 6.14. The summed E-state index contributed by atoms with van der Waals surface area (Å²) < 4.78 is 38.9. The summed E-state index contributed by atoms with van der Waals surface area (Å²) in [6.07, 6.45) is -0.258. The van der Waals surface area contributed by atoms with Crippen LogP contribution >= 0.6 is 0 Å². The summed E-state index contributed by atoms with van der Waals surface area (Å²) in [6, 6.07) is 11.6. The van der Waals surface area contributed by atoms with Gasteiger partial charge in [-0.1, -0.05) is 18.2 Å². The standard InChI is InChI=1S/C30H37NO11/c1-19(32)37-18-26-27(39-20(2)33)28(40-21(3)34)29(41-22(4)35)30(42-26)36-15-6-5-8-23-10-12-25(13-11-23)38-17-24-9-7-14-31-16-24/h7,9-14,16,26-30H,5-6,8,15,17-18H2,1-4H3. The molecule has 0 spiro atoms. The van der Waals surface area contributed by atoms with Crippen LogP contribution < -0.4 is 4.74 Å². The number of pyridine rings is 1. The van der Waals surface area contributed by atoms with Gasteiger partial charge in [0.25, 0.3) is 0 Å². The van der Waals surface area contributed by atoms with Crippen LogP contribution in [-0.2, 0) is 60.6 Å². The number of ether oxygens (including phenoxy) is 7. The highest BCUT2D eigenvalue weighted by molar-refractivity contribution is 5.68. The Labute approximate surface area is 244 Å². The van der Waals surface area contributed by atoms with Gasteiger partial charge in [-0.15, -0.1) is 0 Å². The number of hydrogen-bond donors (Lipinski definition) is 0. The van der Waals surface area contributed by atoms with Gasteiger partial charge in [0, 0.05) is 52.3 Å². The molecule has 5 unspecified atom stereocenters. The first-order chi connectivity index (χ1) is 20.1. The predicted molar refractivity (Wildman–Crippen MR) is 146 cm³/mol. The smallest absolute Gasteiger partial charge is 0.303 e. The SMILES string of the molecule is CC(=O)OCC1OC(OCCCCc2ccc(OCc3cccnc3)cc2)C(OC(C)=O)C(OC(C)=O)C1OC(C)=O. The first-order valence-electron chi connectivity index (χ1n) is 13.6.